The number of phenols is 1. The van der Waals surface area contributed by atoms with Crippen molar-refractivity contribution >= 4 is 34.1 Å². The van der Waals surface area contributed by atoms with Crippen molar-refractivity contribution in [2.45, 2.75) is 33.4 Å². The van der Waals surface area contributed by atoms with Crippen molar-refractivity contribution in [3.63, 3.8) is 0 Å². The smallest absolute Gasteiger partial charge is 0.273 e. The highest BCUT2D eigenvalue weighted by molar-refractivity contribution is 6.07. The number of amides is 2. The van der Waals surface area contributed by atoms with E-state index >= 15 is 0 Å². The van der Waals surface area contributed by atoms with Crippen molar-refractivity contribution < 1.29 is 14.7 Å². The normalized spacial score (nSPS) is 12.3. The van der Waals surface area contributed by atoms with E-state index in [0.29, 0.717) is 23.3 Å². The fourth-order valence-corrected chi connectivity index (χ4v) is 3.88. The average molecular weight is 472 g/mol. The van der Waals surface area contributed by atoms with Gasteiger partial charge in [0.05, 0.1) is 12.1 Å². The van der Waals surface area contributed by atoms with Gasteiger partial charge in [0.15, 0.2) is 5.69 Å². The van der Waals surface area contributed by atoms with Crippen molar-refractivity contribution in [2.75, 3.05) is 11.1 Å². The Morgan fingerprint density at radius 1 is 1.03 bits per heavy atom. The lowest BCUT2D eigenvalue weighted by Crippen LogP contribution is -2.51. The summed E-state index contributed by atoms with van der Waals surface area (Å²) in [7, 11) is 0. The Labute approximate surface area is 203 Å². The molecule has 0 unspecified atom stereocenters. The van der Waals surface area contributed by atoms with Crippen molar-refractivity contribution in [1.82, 2.24) is 15.1 Å². The number of hydrogen-bond acceptors (Lipinski definition) is 5. The van der Waals surface area contributed by atoms with Gasteiger partial charge in [0.2, 0.25) is 5.91 Å². The molecule has 3 aromatic carbocycles. The largest absolute Gasteiger partial charge is 0.508 e. The van der Waals surface area contributed by atoms with Crippen LogP contribution in [0.3, 0.4) is 0 Å². The number of carbonyl (C=O) groups is 2. The average Bonchev–Trinajstić information content (AvgIpc) is 3.16. The highest BCUT2D eigenvalue weighted by Gasteiger charge is 2.34. The van der Waals surface area contributed by atoms with Gasteiger partial charge in [0.1, 0.15) is 11.8 Å². The van der Waals surface area contributed by atoms with E-state index in [1.807, 2.05) is 69.3 Å². The number of rotatable bonds is 6. The van der Waals surface area contributed by atoms with Crippen molar-refractivity contribution in [1.29, 1.82) is 0 Å². The van der Waals surface area contributed by atoms with Crippen LogP contribution in [-0.2, 0) is 11.3 Å². The molecule has 0 aliphatic carbocycles. The summed E-state index contributed by atoms with van der Waals surface area (Å²) in [4.78, 5) is 26.5. The zero-order valence-electron chi connectivity index (χ0n) is 19.9. The molecule has 0 fully saturated rings. The number of para-hydroxylation sites is 1. The molecule has 1 atom stereocenters. The fraction of sp³-hybridized carbons (Fsp3) is 0.222. The molecule has 2 amide bonds. The Hall–Kier alpha value is -4.33. The number of aromatic nitrogens is 2. The Balaban J connectivity index is 1.61. The number of nitrogen functional groups attached to an aromatic ring is 1. The summed E-state index contributed by atoms with van der Waals surface area (Å²) in [6.07, 6.45) is 0. The molecule has 5 N–H and O–H groups in total. The maximum Gasteiger partial charge on any atom is 0.273 e. The molecule has 0 bridgehead atoms. The summed E-state index contributed by atoms with van der Waals surface area (Å²) in [6.45, 7) is 6.09. The quantitative estimate of drug-likeness (QED) is 0.315. The maximum absolute atomic E-state index is 13.4. The molecule has 0 spiro atoms. The third-order valence-corrected chi connectivity index (χ3v) is 5.70. The molecule has 0 radical (unpaired) electrons. The van der Waals surface area contributed by atoms with E-state index in [1.165, 1.54) is 12.1 Å². The number of anilines is 2. The standard InChI is InChI=1S/C27H29N5O3/c1-27(2,3)24(26(35)29-19-7-6-8-20(33)15-19)30-25(34)23-21-9-4-5-10-22(21)32(31-23)16-17-11-13-18(28)14-12-17/h4-15,24,33H,16,28H2,1-3H3,(H,29,35)(H,30,34)/t24-/m1/s1. The maximum atomic E-state index is 13.4. The van der Waals surface area contributed by atoms with Gasteiger partial charge in [-0.3, -0.25) is 14.3 Å². The number of nitrogens with two attached hydrogens (primary N) is 1. The molecule has 4 aromatic rings. The first kappa shape index (κ1) is 23.8. The van der Waals surface area contributed by atoms with Crippen molar-refractivity contribution in [2.24, 2.45) is 5.41 Å². The first-order valence-electron chi connectivity index (χ1n) is 11.3. The predicted molar refractivity (Wildman–Crippen MR) is 137 cm³/mol. The van der Waals surface area contributed by atoms with Gasteiger partial charge in [-0.1, -0.05) is 57.2 Å². The number of benzene rings is 3. The number of aromatic hydroxyl groups is 1. The van der Waals surface area contributed by atoms with E-state index in [4.69, 9.17) is 5.73 Å². The highest BCUT2D eigenvalue weighted by Crippen LogP contribution is 2.24. The molecule has 8 heteroatoms. The second-order valence-corrected chi connectivity index (χ2v) is 9.58. The van der Waals surface area contributed by atoms with E-state index < -0.39 is 17.4 Å². The third-order valence-electron chi connectivity index (χ3n) is 5.70. The van der Waals surface area contributed by atoms with Crippen LogP contribution in [0.1, 0.15) is 36.8 Å². The van der Waals surface area contributed by atoms with Crippen LogP contribution < -0.4 is 16.4 Å². The van der Waals surface area contributed by atoms with Crippen LogP contribution in [0, 0.1) is 5.41 Å². The molecule has 35 heavy (non-hydrogen) atoms. The first-order valence-corrected chi connectivity index (χ1v) is 11.3. The van der Waals surface area contributed by atoms with E-state index in [9.17, 15) is 14.7 Å². The van der Waals surface area contributed by atoms with E-state index in [-0.39, 0.29) is 17.4 Å². The molecule has 180 valence electrons. The lowest BCUT2D eigenvalue weighted by Gasteiger charge is -2.30. The molecule has 1 aromatic heterocycles. The fourth-order valence-electron chi connectivity index (χ4n) is 3.88. The summed E-state index contributed by atoms with van der Waals surface area (Å²) in [5.41, 5.74) is 8.38. The molecular weight excluding hydrogens is 442 g/mol. The van der Waals surface area contributed by atoms with E-state index in [0.717, 1.165) is 11.1 Å². The molecule has 4 rings (SSSR count). The lowest BCUT2D eigenvalue weighted by molar-refractivity contribution is -0.120. The van der Waals surface area contributed by atoms with Gasteiger partial charge >= 0.3 is 0 Å². The Bertz CT molecular complexity index is 1370. The topological polar surface area (TPSA) is 122 Å². The minimum atomic E-state index is -0.849. The Kier molecular flexibility index (Phi) is 6.46. The predicted octanol–water partition coefficient (Wildman–Crippen LogP) is 4.16. The summed E-state index contributed by atoms with van der Waals surface area (Å²) in [6, 6.07) is 20.4. The van der Waals surface area contributed by atoms with Crippen LogP contribution in [0.2, 0.25) is 0 Å². The van der Waals surface area contributed by atoms with Crippen LogP contribution in [0.25, 0.3) is 10.9 Å². The van der Waals surface area contributed by atoms with Gasteiger partial charge in [0.25, 0.3) is 5.91 Å². The Morgan fingerprint density at radius 2 is 1.74 bits per heavy atom. The van der Waals surface area contributed by atoms with E-state index in [2.05, 4.69) is 15.7 Å². The summed E-state index contributed by atoms with van der Waals surface area (Å²) >= 11 is 0. The van der Waals surface area contributed by atoms with Crippen molar-refractivity contribution in [3.05, 3.63) is 84.1 Å². The zero-order valence-corrected chi connectivity index (χ0v) is 19.9. The second-order valence-electron chi connectivity index (χ2n) is 9.58. The number of hydrogen-bond donors (Lipinski definition) is 4. The van der Waals surface area contributed by atoms with E-state index in [1.54, 1.807) is 16.8 Å². The number of nitrogens with zero attached hydrogens (tertiary/aromatic N) is 2. The first-order chi connectivity index (χ1) is 16.6. The number of fused-ring (bicyclic) bond motifs is 1. The van der Waals surface area contributed by atoms with Crippen LogP contribution in [0.4, 0.5) is 11.4 Å². The molecule has 0 saturated heterocycles. The summed E-state index contributed by atoms with van der Waals surface area (Å²) in [5, 5.41) is 20.7. The second kappa shape index (κ2) is 9.50. The van der Waals surface area contributed by atoms with Gasteiger partial charge in [-0.15, -0.1) is 0 Å². The molecule has 0 aliphatic heterocycles. The molecule has 1 heterocycles. The van der Waals surface area contributed by atoms with Gasteiger partial charge in [-0.25, -0.2) is 0 Å². The van der Waals surface area contributed by atoms with Crippen LogP contribution >= 0.6 is 0 Å². The minimum Gasteiger partial charge on any atom is -0.508 e. The zero-order chi connectivity index (χ0) is 25.2. The van der Waals surface area contributed by atoms with Gasteiger partial charge in [-0.05, 0) is 41.3 Å². The van der Waals surface area contributed by atoms with Gasteiger partial charge < -0.3 is 21.5 Å². The molecule has 0 aliphatic rings. The lowest BCUT2D eigenvalue weighted by atomic mass is 9.86. The third kappa shape index (κ3) is 5.43. The van der Waals surface area contributed by atoms with Crippen LogP contribution in [0.5, 0.6) is 5.75 Å². The van der Waals surface area contributed by atoms with Crippen LogP contribution in [0.15, 0.2) is 72.8 Å². The summed E-state index contributed by atoms with van der Waals surface area (Å²) in [5.74, 6) is -0.789. The number of phenolic OH excluding ortho intramolecular Hbond substituents is 1. The van der Waals surface area contributed by atoms with Crippen molar-refractivity contribution in [3.8, 4) is 5.75 Å². The van der Waals surface area contributed by atoms with Crippen LogP contribution in [-0.4, -0.2) is 32.7 Å². The summed E-state index contributed by atoms with van der Waals surface area (Å²) < 4.78 is 1.77. The number of carbonyl (C=O) groups excluding carboxylic acids is 2. The van der Waals surface area contributed by atoms with Gasteiger partial charge in [0, 0.05) is 22.8 Å². The molecule has 8 nitrogen and oxygen atoms in total. The molecule has 0 saturated carbocycles. The SMILES string of the molecule is CC(C)(C)[C@H](NC(=O)c1nn(Cc2ccc(N)cc2)c2ccccc12)C(=O)Nc1cccc(O)c1. The molecular formula is C27H29N5O3. The number of nitrogens with one attached hydrogen (secondary N) is 2. The monoisotopic (exact) mass is 471 g/mol. The van der Waals surface area contributed by atoms with Gasteiger partial charge in [-0.2, -0.15) is 5.10 Å². The highest BCUT2D eigenvalue weighted by atomic mass is 16.3. The minimum absolute atomic E-state index is 0.0391. The Morgan fingerprint density at radius 3 is 2.43 bits per heavy atom.